The third-order valence-corrected chi connectivity index (χ3v) is 5.97. The summed E-state index contributed by atoms with van der Waals surface area (Å²) in [6.45, 7) is 0.455. The highest BCUT2D eigenvalue weighted by Crippen LogP contribution is 2.40. The molecule has 0 spiro atoms. The zero-order valence-electron chi connectivity index (χ0n) is 15.7. The second kappa shape index (κ2) is 6.95. The van der Waals surface area contributed by atoms with E-state index < -0.39 is 10.0 Å². The Kier molecular flexibility index (Phi) is 4.24. The van der Waals surface area contributed by atoms with Gasteiger partial charge in [0.25, 0.3) is 10.0 Å². The van der Waals surface area contributed by atoms with Gasteiger partial charge in [0.15, 0.2) is 22.9 Å². The van der Waals surface area contributed by atoms with Crippen molar-refractivity contribution in [1.82, 2.24) is 14.9 Å². The van der Waals surface area contributed by atoms with E-state index in [9.17, 15) is 8.42 Å². The van der Waals surface area contributed by atoms with Gasteiger partial charge in [0.2, 0.25) is 6.79 Å². The van der Waals surface area contributed by atoms with E-state index in [-0.39, 0.29) is 23.3 Å². The third-order valence-electron chi connectivity index (χ3n) is 4.60. The summed E-state index contributed by atoms with van der Waals surface area (Å²) in [5.41, 5.74) is 1.24. The van der Waals surface area contributed by atoms with Gasteiger partial charge in [-0.3, -0.25) is 9.40 Å². The van der Waals surface area contributed by atoms with Crippen molar-refractivity contribution >= 4 is 26.8 Å². The fraction of sp³-hybridized carbons (Fsp3) is 0.158. The normalized spacial score (nSPS) is 13.0. The van der Waals surface area contributed by atoms with Crippen LogP contribution in [0.1, 0.15) is 5.56 Å². The van der Waals surface area contributed by atoms with Crippen molar-refractivity contribution in [2.45, 2.75) is 11.4 Å². The lowest BCUT2D eigenvalue weighted by Gasteiger charge is -2.10. The molecule has 0 aliphatic carbocycles. The van der Waals surface area contributed by atoms with Crippen LogP contribution in [0.15, 0.2) is 58.2 Å². The molecular weight excluding hydrogens is 412 g/mol. The maximum Gasteiger partial charge on any atom is 0.267 e. The zero-order valence-corrected chi connectivity index (χ0v) is 16.5. The fourth-order valence-electron chi connectivity index (χ4n) is 3.29. The topological polar surface area (TPSA) is 118 Å². The summed E-state index contributed by atoms with van der Waals surface area (Å²) in [5.74, 6) is 0.963. The first-order valence-corrected chi connectivity index (χ1v) is 10.4. The van der Waals surface area contributed by atoms with E-state index >= 15 is 0 Å². The van der Waals surface area contributed by atoms with Crippen LogP contribution in [0.3, 0.4) is 0 Å². The number of ether oxygens (including phenoxy) is 3. The van der Waals surface area contributed by atoms with Gasteiger partial charge in [0.05, 0.1) is 13.7 Å². The maximum absolute atomic E-state index is 13.0. The molecule has 0 atom stereocenters. The molecule has 10 nitrogen and oxygen atoms in total. The maximum atomic E-state index is 13.0. The molecule has 0 saturated carbocycles. The number of hydrogen-bond acceptors (Lipinski definition) is 8. The number of benzene rings is 2. The van der Waals surface area contributed by atoms with Crippen LogP contribution < -0.4 is 18.9 Å². The van der Waals surface area contributed by atoms with Gasteiger partial charge < -0.3 is 18.7 Å². The third kappa shape index (κ3) is 3.08. The van der Waals surface area contributed by atoms with Gasteiger partial charge in [0.1, 0.15) is 16.0 Å². The molecule has 0 bridgehead atoms. The molecule has 3 heterocycles. The average molecular weight is 428 g/mol. The van der Waals surface area contributed by atoms with E-state index in [0.29, 0.717) is 29.0 Å². The first kappa shape index (κ1) is 18.3. The smallest absolute Gasteiger partial charge is 0.267 e. The predicted molar refractivity (Wildman–Crippen MR) is 105 cm³/mol. The molecule has 154 valence electrons. The molecule has 4 aromatic rings. The first-order valence-electron chi connectivity index (χ1n) is 8.90. The largest absolute Gasteiger partial charge is 0.496 e. The van der Waals surface area contributed by atoms with Crippen molar-refractivity contribution in [2.75, 3.05) is 18.6 Å². The van der Waals surface area contributed by atoms with Gasteiger partial charge in [-0.25, -0.2) is 8.42 Å². The molecular formula is C19H16N4O6S. The van der Waals surface area contributed by atoms with Crippen molar-refractivity contribution < 1.29 is 27.2 Å². The molecule has 5 rings (SSSR count). The summed E-state index contributed by atoms with van der Waals surface area (Å²) in [7, 11) is -2.53. The van der Waals surface area contributed by atoms with Crippen molar-refractivity contribution in [3.05, 3.63) is 54.4 Å². The predicted octanol–water partition coefficient (Wildman–Crippen LogP) is 2.61. The summed E-state index contributed by atoms with van der Waals surface area (Å²) < 4.78 is 51.6. The van der Waals surface area contributed by atoms with Gasteiger partial charge in [-0.1, -0.05) is 11.2 Å². The molecule has 2 aromatic carbocycles. The van der Waals surface area contributed by atoms with Crippen LogP contribution in [0.4, 0.5) is 5.82 Å². The molecule has 0 amide bonds. The number of sulfonamides is 1. The highest BCUT2D eigenvalue weighted by Gasteiger charge is 2.28. The van der Waals surface area contributed by atoms with E-state index in [0.717, 1.165) is 5.56 Å². The monoisotopic (exact) mass is 428 g/mol. The minimum atomic E-state index is -4.02. The van der Waals surface area contributed by atoms with E-state index in [1.807, 2.05) is 12.3 Å². The van der Waals surface area contributed by atoms with Crippen LogP contribution in [0.25, 0.3) is 11.0 Å². The quantitative estimate of drug-likeness (QED) is 0.498. The summed E-state index contributed by atoms with van der Waals surface area (Å²) in [6.07, 6.45) is 3.52. The Morgan fingerprint density at radius 1 is 1.23 bits per heavy atom. The zero-order chi connectivity index (χ0) is 20.7. The number of rotatable bonds is 6. The highest BCUT2D eigenvalue weighted by molar-refractivity contribution is 7.92. The van der Waals surface area contributed by atoms with E-state index in [2.05, 4.69) is 15.0 Å². The Balaban J connectivity index is 1.53. The second-order valence-electron chi connectivity index (χ2n) is 6.50. The van der Waals surface area contributed by atoms with Crippen LogP contribution in [-0.2, 0) is 16.6 Å². The number of nitrogens with one attached hydrogen (secondary N) is 1. The number of fused-ring (bicyclic) bond motifs is 2. The Hall–Kier alpha value is -3.73. The van der Waals surface area contributed by atoms with Gasteiger partial charge in [-0.15, -0.1) is 0 Å². The van der Waals surface area contributed by atoms with Crippen LogP contribution in [0.5, 0.6) is 17.2 Å². The van der Waals surface area contributed by atoms with Gasteiger partial charge >= 0.3 is 0 Å². The molecule has 2 aromatic heterocycles. The van der Waals surface area contributed by atoms with Gasteiger partial charge in [-0.2, -0.15) is 5.10 Å². The molecule has 1 N–H and O–H groups in total. The Morgan fingerprint density at radius 2 is 2.13 bits per heavy atom. The standard InChI is InChI=1S/C19H16N4O6S/c1-26-14-8-12(10-23-7-3-6-20-23)9-15-17(14)19(21-29-15)22-30(24,25)16-5-2-4-13-18(16)28-11-27-13/h2-9H,10-11H2,1H3,(H,21,22). The van der Waals surface area contributed by atoms with E-state index in [1.54, 1.807) is 35.1 Å². The van der Waals surface area contributed by atoms with Crippen molar-refractivity contribution in [3.8, 4) is 17.2 Å². The Bertz CT molecular complexity index is 1330. The lowest BCUT2D eigenvalue weighted by Crippen LogP contribution is -2.14. The number of aromatic nitrogens is 3. The van der Waals surface area contributed by atoms with Crippen molar-refractivity contribution in [1.29, 1.82) is 0 Å². The number of para-hydroxylation sites is 1. The van der Waals surface area contributed by atoms with Crippen molar-refractivity contribution in [2.24, 2.45) is 0 Å². The molecule has 11 heteroatoms. The van der Waals surface area contributed by atoms with E-state index in [4.69, 9.17) is 18.7 Å². The van der Waals surface area contributed by atoms with E-state index in [1.165, 1.54) is 13.2 Å². The minimum Gasteiger partial charge on any atom is -0.496 e. The molecule has 0 fully saturated rings. The summed E-state index contributed by atoms with van der Waals surface area (Å²) in [5, 5.41) is 8.50. The number of methoxy groups -OCH3 is 1. The molecule has 1 aliphatic heterocycles. The van der Waals surface area contributed by atoms with Crippen LogP contribution in [0, 0.1) is 0 Å². The van der Waals surface area contributed by atoms with Gasteiger partial charge in [0, 0.05) is 12.4 Å². The van der Waals surface area contributed by atoms with Crippen LogP contribution >= 0.6 is 0 Å². The van der Waals surface area contributed by atoms with Gasteiger partial charge in [-0.05, 0) is 35.9 Å². The highest BCUT2D eigenvalue weighted by atomic mass is 32.2. The molecule has 30 heavy (non-hydrogen) atoms. The second-order valence-corrected chi connectivity index (χ2v) is 8.15. The molecule has 1 aliphatic rings. The van der Waals surface area contributed by atoms with Crippen LogP contribution in [0.2, 0.25) is 0 Å². The fourth-order valence-corrected chi connectivity index (χ4v) is 4.46. The SMILES string of the molecule is COc1cc(Cn2cccn2)cc2onc(NS(=O)(=O)c3cccc4c3OCO4)c12. The number of hydrogen-bond donors (Lipinski definition) is 1. The summed E-state index contributed by atoms with van der Waals surface area (Å²) >= 11 is 0. The van der Waals surface area contributed by atoms with Crippen molar-refractivity contribution in [3.63, 3.8) is 0 Å². The number of nitrogens with zero attached hydrogens (tertiary/aromatic N) is 3. The lowest BCUT2D eigenvalue weighted by atomic mass is 10.1. The number of anilines is 1. The van der Waals surface area contributed by atoms with Crippen LogP contribution in [-0.4, -0.2) is 37.3 Å². The first-order chi connectivity index (χ1) is 14.5. The Labute approximate surface area is 171 Å². The average Bonchev–Trinajstić information content (AvgIpc) is 3.48. The molecule has 0 saturated heterocycles. The molecule has 0 radical (unpaired) electrons. The minimum absolute atomic E-state index is 0.0176. The Morgan fingerprint density at radius 3 is 2.93 bits per heavy atom. The molecule has 0 unspecified atom stereocenters. The summed E-state index contributed by atoms with van der Waals surface area (Å²) in [6, 6.07) is 10.0. The summed E-state index contributed by atoms with van der Waals surface area (Å²) in [4.78, 5) is -0.0529. The lowest BCUT2D eigenvalue weighted by molar-refractivity contribution is 0.172.